The van der Waals surface area contributed by atoms with Gasteiger partial charge in [0.15, 0.2) is 5.82 Å². The average molecular weight is 361 g/mol. The highest BCUT2D eigenvalue weighted by molar-refractivity contribution is 5.95. The van der Waals surface area contributed by atoms with Gasteiger partial charge >= 0.3 is 0 Å². The number of nitrogens with one attached hydrogen (secondary N) is 1. The van der Waals surface area contributed by atoms with Crippen molar-refractivity contribution in [1.29, 1.82) is 0 Å². The van der Waals surface area contributed by atoms with Gasteiger partial charge in [-0.05, 0) is 37.1 Å². The predicted molar refractivity (Wildman–Crippen MR) is 102 cm³/mol. The fraction of sp³-hybridized carbons (Fsp3) is 0.150. The lowest BCUT2D eigenvalue weighted by molar-refractivity contribution is -0.115. The van der Waals surface area contributed by atoms with Crippen LogP contribution in [0.25, 0.3) is 11.4 Å². The molecule has 4 rings (SSSR count). The fourth-order valence-corrected chi connectivity index (χ4v) is 3.37. The molecule has 3 aromatic rings. The van der Waals surface area contributed by atoms with Crippen LogP contribution < -0.4 is 11.1 Å². The van der Waals surface area contributed by atoms with E-state index >= 15 is 0 Å². The number of carbonyl (C=O) groups excluding carboxylic acids is 1. The summed E-state index contributed by atoms with van der Waals surface area (Å²) in [6.45, 7) is 3.79. The second-order valence-corrected chi connectivity index (χ2v) is 6.54. The van der Waals surface area contributed by atoms with E-state index < -0.39 is 11.9 Å². The molecule has 1 amide bonds. The lowest BCUT2D eigenvalue weighted by atomic mass is 9.95. The number of aromatic nitrogens is 3. The molecule has 7 heteroatoms. The first-order valence-corrected chi connectivity index (χ1v) is 8.55. The van der Waals surface area contributed by atoms with Gasteiger partial charge in [0.2, 0.25) is 11.9 Å². The van der Waals surface area contributed by atoms with Crippen LogP contribution >= 0.6 is 0 Å². The molecule has 136 valence electrons. The van der Waals surface area contributed by atoms with E-state index in [1.165, 1.54) is 0 Å². The topological polar surface area (TPSA) is 106 Å². The molecular weight excluding hydrogens is 342 g/mol. The van der Waals surface area contributed by atoms with Crippen molar-refractivity contribution in [3.05, 3.63) is 70.9 Å². The number of anilines is 1. The Hall–Kier alpha value is -3.61. The third-order valence-corrected chi connectivity index (χ3v) is 4.71. The number of carbonyl (C=O) groups is 1. The van der Waals surface area contributed by atoms with Gasteiger partial charge in [0, 0.05) is 11.3 Å². The Labute approximate surface area is 156 Å². The molecule has 1 aliphatic heterocycles. The van der Waals surface area contributed by atoms with Crippen LogP contribution in [-0.2, 0) is 4.79 Å². The van der Waals surface area contributed by atoms with Gasteiger partial charge in [-0.15, -0.1) is 5.10 Å². The summed E-state index contributed by atoms with van der Waals surface area (Å²) in [5.41, 5.74) is 9.47. The SMILES string of the molecule is CC1=C(C(N)=O)C(c2ccc(O)cc2)n2nc(-c3ccccc3C)nc2N1. The smallest absolute Gasteiger partial charge is 0.248 e. The van der Waals surface area contributed by atoms with E-state index in [0.717, 1.165) is 16.7 Å². The van der Waals surface area contributed by atoms with Crippen molar-refractivity contribution in [1.82, 2.24) is 14.8 Å². The Balaban J connectivity index is 1.90. The van der Waals surface area contributed by atoms with Crippen LogP contribution in [0.1, 0.15) is 24.1 Å². The van der Waals surface area contributed by atoms with Crippen LogP contribution in [0.4, 0.5) is 5.95 Å². The Kier molecular flexibility index (Phi) is 3.92. The fourth-order valence-electron chi connectivity index (χ4n) is 3.37. The molecule has 2 heterocycles. The summed E-state index contributed by atoms with van der Waals surface area (Å²) in [7, 11) is 0. The van der Waals surface area contributed by atoms with Gasteiger partial charge in [-0.25, -0.2) is 4.68 Å². The summed E-state index contributed by atoms with van der Waals surface area (Å²) in [5, 5.41) is 17.4. The maximum atomic E-state index is 12.2. The van der Waals surface area contributed by atoms with E-state index in [2.05, 4.69) is 15.4 Å². The van der Waals surface area contributed by atoms with Crippen LogP contribution in [0.5, 0.6) is 5.75 Å². The number of nitrogens with two attached hydrogens (primary N) is 1. The lowest BCUT2D eigenvalue weighted by Gasteiger charge is -2.27. The molecule has 0 aliphatic carbocycles. The normalized spacial score (nSPS) is 16.0. The molecule has 1 aliphatic rings. The van der Waals surface area contributed by atoms with E-state index in [1.54, 1.807) is 35.9 Å². The highest BCUT2D eigenvalue weighted by atomic mass is 16.3. The Morgan fingerprint density at radius 2 is 1.85 bits per heavy atom. The molecule has 0 saturated carbocycles. The van der Waals surface area contributed by atoms with E-state index in [9.17, 15) is 9.90 Å². The zero-order valence-electron chi connectivity index (χ0n) is 15.0. The number of hydrogen-bond donors (Lipinski definition) is 3. The van der Waals surface area contributed by atoms with Crippen molar-refractivity contribution in [3.8, 4) is 17.1 Å². The summed E-state index contributed by atoms with van der Waals surface area (Å²) in [6.07, 6.45) is 0. The minimum absolute atomic E-state index is 0.147. The molecule has 0 radical (unpaired) electrons. The third-order valence-electron chi connectivity index (χ3n) is 4.71. The number of phenols is 1. The summed E-state index contributed by atoms with van der Waals surface area (Å²) < 4.78 is 1.67. The van der Waals surface area contributed by atoms with Crippen LogP contribution in [0.15, 0.2) is 59.8 Å². The molecule has 0 spiro atoms. The molecule has 0 saturated heterocycles. The minimum Gasteiger partial charge on any atom is -0.508 e. The van der Waals surface area contributed by atoms with Gasteiger partial charge in [0.25, 0.3) is 0 Å². The Morgan fingerprint density at radius 1 is 1.15 bits per heavy atom. The second-order valence-electron chi connectivity index (χ2n) is 6.54. The van der Waals surface area contributed by atoms with E-state index in [4.69, 9.17) is 5.73 Å². The summed E-state index contributed by atoms with van der Waals surface area (Å²) >= 11 is 0. The first-order valence-electron chi connectivity index (χ1n) is 8.55. The Morgan fingerprint density at radius 3 is 2.52 bits per heavy atom. The number of rotatable bonds is 3. The van der Waals surface area contributed by atoms with E-state index in [-0.39, 0.29) is 5.75 Å². The molecule has 0 bridgehead atoms. The monoisotopic (exact) mass is 361 g/mol. The van der Waals surface area contributed by atoms with Crippen LogP contribution in [0.2, 0.25) is 0 Å². The van der Waals surface area contributed by atoms with Crippen molar-refractivity contribution in [2.75, 3.05) is 5.32 Å². The second kappa shape index (κ2) is 6.28. The maximum absolute atomic E-state index is 12.2. The van der Waals surface area contributed by atoms with Gasteiger partial charge in [-0.1, -0.05) is 36.4 Å². The molecular formula is C20H19N5O2. The predicted octanol–water partition coefficient (Wildman–Crippen LogP) is 2.73. The van der Waals surface area contributed by atoms with E-state index in [0.29, 0.717) is 23.0 Å². The summed E-state index contributed by atoms with van der Waals surface area (Å²) in [5.74, 6) is 0.719. The molecule has 0 fully saturated rings. The van der Waals surface area contributed by atoms with Crippen LogP contribution in [-0.4, -0.2) is 25.8 Å². The summed E-state index contributed by atoms with van der Waals surface area (Å²) in [4.78, 5) is 16.8. The standard InChI is InChI=1S/C20H19N5O2/c1-11-5-3-4-6-15(11)19-23-20-22-12(2)16(18(21)27)17(25(20)24-19)13-7-9-14(26)10-8-13/h3-10,17,26H,1-2H3,(H2,21,27)(H,22,23,24). The number of hydrogen-bond acceptors (Lipinski definition) is 5. The third kappa shape index (κ3) is 2.83. The average Bonchev–Trinajstić information content (AvgIpc) is 3.04. The van der Waals surface area contributed by atoms with Crippen molar-refractivity contribution in [3.63, 3.8) is 0 Å². The maximum Gasteiger partial charge on any atom is 0.248 e. The molecule has 2 aromatic carbocycles. The zero-order valence-corrected chi connectivity index (χ0v) is 15.0. The number of nitrogens with zero attached hydrogens (tertiary/aromatic N) is 3. The van der Waals surface area contributed by atoms with Crippen LogP contribution in [0, 0.1) is 6.92 Å². The number of primary amides is 1. The Bertz CT molecular complexity index is 1070. The number of phenolic OH excluding ortho intramolecular Hbond substituents is 1. The largest absolute Gasteiger partial charge is 0.508 e. The molecule has 4 N–H and O–H groups in total. The summed E-state index contributed by atoms with van der Waals surface area (Å²) in [6, 6.07) is 14.0. The van der Waals surface area contributed by atoms with Crippen molar-refractivity contribution >= 4 is 11.9 Å². The minimum atomic E-state index is -0.531. The number of amides is 1. The number of benzene rings is 2. The van der Waals surface area contributed by atoms with Crippen LogP contribution in [0.3, 0.4) is 0 Å². The molecule has 27 heavy (non-hydrogen) atoms. The van der Waals surface area contributed by atoms with E-state index in [1.807, 2.05) is 31.2 Å². The zero-order chi connectivity index (χ0) is 19.1. The number of allylic oxidation sites excluding steroid dienone is 1. The quantitative estimate of drug-likeness (QED) is 0.665. The first-order chi connectivity index (χ1) is 13.0. The molecule has 1 aromatic heterocycles. The van der Waals surface area contributed by atoms with Gasteiger partial charge in [0.05, 0.1) is 5.57 Å². The number of fused-ring (bicyclic) bond motifs is 1. The molecule has 1 unspecified atom stereocenters. The highest BCUT2D eigenvalue weighted by Crippen LogP contribution is 2.36. The van der Waals surface area contributed by atoms with Gasteiger partial charge in [-0.3, -0.25) is 4.79 Å². The number of aromatic hydroxyl groups is 1. The van der Waals surface area contributed by atoms with Gasteiger partial charge in [-0.2, -0.15) is 4.98 Å². The van der Waals surface area contributed by atoms with Gasteiger partial charge < -0.3 is 16.2 Å². The van der Waals surface area contributed by atoms with Gasteiger partial charge in [0.1, 0.15) is 11.8 Å². The van der Waals surface area contributed by atoms with Crippen molar-refractivity contribution in [2.45, 2.75) is 19.9 Å². The van der Waals surface area contributed by atoms with Crippen molar-refractivity contribution < 1.29 is 9.90 Å². The molecule has 1 atom stereocenters. The van der Waals surface area contributed by atoms with Crippen molar-refractivity contribution in [2.24, 2.45) is 5.73 Å². The molecule has 7 nitrogen and oxygen atoms in total. The first kappa shape index (κ1) is 16.8. The lowest BCUT2D eigenvalue weighted by Crippen LogP contribution is -2.31. The highest BCUT2D eigenvalue weighted by Gasteiger charge is 2.33. The number of aryl methyl sites for hydroxylation is 1.